The smallest absolute Gasteiger partial charge is 0.266 e. The van der Waals surface area contributed by atoms with Crippen molar-refractivity contribution >= 4 is 40.2 Å². The Morgan fingerprint density at radius 2 is 2.06 bits per heavy atom. The third-order valence-electron chi connectivity index (χ3n) is 5.82. The molecule has 1 atom stereocenters. The number of hydrogen-bond donors (Lipinski definition) is 0. The first-order valence-corrected chi connectivity index (χ1v) is 12.0. The number of fused-ring (bicyclic) bond motifs is 1. The number of likely N-dealkylation sites (tertiary alicyclic amines) is 1. The molecule has 4 rings (SSSR count). The molecular weight excluding hydrogens is 446 g/mol. The van der Waals surface area contributed by atoms with Crippen molar-refractivity contribution in [2.24, 2.45) is 0 Å². The van der Waals surface area contributed by atoms with Crippen LogP contribution in [0.25, 0.3) is 16.6 Å². The fourth-order valence-corrected chi connectivity index (χ4v) is 5.16. The van der Waals surface area contributed by atoms with E-state index in [0.29, 0.717) is 32.5 Å². The summed E-state index contributed by atoms with van der Waals surface area (Å²) in [7, 11) is 1.57. The van der Waals surface area contributed by atoms with E-state index >= 15 is 0 Å². The van der Waals surface area contributed by atoms with E-state index in [1.54, 1.807) is 29.9 Å². The van der Waals surface area contributed by atoms with Gasteiger partial charge in [0, 0.05) is 17.6 Å². The molecule has 0 bridgehead atoms. The normalized spacial score (nSPS) is 16.4. The first kappa shape index (κ1) is 22.7. The highest BCUT2D eigenvalue weighted by molar-refractivity contribution is 7.99. The van der Waals surface area contributed by atoms with Crippen molar-refractivity contribution in [2.75, 3.05) is 19.4 Å². The number of nitrogens with zero attached hydrogens (tertiary/aromatic N) is 3. The van der Waals surface area contributed by atoms with Gasteiger partial charge in [0.1, 0.15) is 5.75 Å². The van der Waals surface area contributed by atoms with E-state index in [1.165, 1.54) is 11.8 Å². The molecule has 0 spiro atoms. The van der Waals surface area contributed by atoms with Crippen molar-refractivity contribution < 1.29 is 9.53 Å². The van der Waals surface area contributed by atoms with Gasteiger partial charge in [0.25, 0.3) is 5.56 Å². The molecule has 2 aromatic carbocycles. The van der Waals surface area contributed by atoms with Crippen LogP contribution in [0.5, 0.6) is 5.75 Å². The van der Waals surface area contributed by atoms with Crippen LogP contribution in [0.4, 0.5) is 0 Å². The molecule has 3 aromatic rings. The van der Waals surface area contributed by atoms with Crippen LogP contribution in [0.3, 0.4) is 0 Å². The van der Waals surface area contributed by atoms with E-state index < -0.39 is 0 Å². The second-order valence-electron chi connectivity index (χ2n) is 8.09. The Morgan fingerprint density at radius 3 is 2.81 bits per heavy atom. The number of hydrogen-bond acceptors (Lipinski definition) is 5. The molecule has 0 saturated carbocycles. The van der Waals surface area contributed by atoms with Crippen LogP contribution in [-0.4, -0.2) is 45.8 Å². The van der Waals surface area contributed by atoms with Gasteiger partial charge in [-0.15, -0.1) is 0 Å². The topological polar surface area (TPSA) is 64.4 Å². The SMILES string of the molecule is COc1ccc(C)cc1-n1c(SCC(=O)N2CCCCC2C)nc2cc(Cl)ccc2c1=O. The predicted molar refractivity (Wildman–Crippen MR) is 129 cm³/mol. The number of halogens is 1. The number of thioether (sulfide) groups is 1. The first-order chi connectivity index (χ1) is 15.4. The lowest BCUT2D eigenvalue weighted by Crippen LogP contribution is -2.43. The zero-order valence-electron chi connectivity index (χ0n) is 18.4. The number of methoxy groups -OCH3 is 1. The molecule has 1 aliphatic rings. The lowest BCUT2D eigenvalue weighted by molar-refractivity contribution is -0.131. The molecule has 1 amide bonds. The predicted octanol–water partition coefficient (Wildman–Crippen LogP) is 4.85. The Bertz CT molecular complexity index is 1230. The fraction of sp³-hybridized carbons (Fsp3) is 0.375. The highest BCUT2D eigenvalue weighted by atomic mass is 35.5. The van der Waals surface area contributed by atoms with Crippen LogP contribution in [0, 0.1) is 6.92 Å². The lowest BCUT2D eigenvalue weighted by Gasteiger charge is -2.33. The van der Waals surface area contributed by atoms with Gasteiger partial charge >= 0.3 is 0 Å². The molecule has 1 fully saturated rings. The molecular formula is C24H26ClN3O3S. The summed E-state index contributed by atoms with van der Waals surface area (Å²) in [6.07, 6.45) is 3.20. The van der Waals surface area contributed by atoms with Crippen molar-refractivity contribution in [1.82, 2.24) is 14.5 Å². The van der Waals surface area contributed by atoms with Crippen LogP contribution in [0.15, 0.2) is 46.3 Å². The summed E-state index contributed by atoms with van der Waals surface area (Å²) >= 11 is 7.42. The molecule has 1 unspecified atom stereocenters. The average Bonchev–Trinajstić information content (AvgIpc) is 2.77. The molecule has 8 heteroatoms. The minimum absolute atomic E-state index is 0.0606. The summed E-state index contributed by atoms with van der Waals surface area (Å²) in [4.78, 5) is 33.2. The maximum Gasteiger partial charge on any atom is 0.266 e. The van der Waals surface area contributed by atoms with Gasteiger partial charge in [-0.2, -0.15) is 0 Å². The van der Waals surface area contributed by atoms with Gasteiger partial charge in [-0.1, -0.05) is 29.4 Å². The number of carbonyl (C=O) groups excluding carboxylic acids is 1. The summed E-state index contributed by atoms with van der Waals surface area (Å²) in [5, 5.41) is 1.40. The van der Waals surface area contributed by atoms with E-state index in [9.17, 15) is 9.59 Å². The number of benzene rings is 2. The summed E-state index contributed by atoms with van der Waals surface area (Å²) in [5.41, 5.74) is 1.87. The van der Waals surface area contributed by atoms with Crippen molar-refractivity contribution in [3.63, 3.8) is 0 Å². The van der Waals surface area contributed by atoms with Crippen LogP contribution in [0.1, 0.15) is 31.7 Å². The number of carbonyl (C=O) groups is 1. The second kappa shape index (κ2) is 9.55. The highest BCUT2D eigenvalue weighted by Gasteiger charge is 2.24. The highest BCUT2D eigenvalue weighted by Crippen LogP contribution is 2.29. The van der Waals surface area contributed by atoms with Crippen molar-refractivity contribution in [2.45, 2.75) is 44.3 Å². The molecule has 0 aliphatic carbocycles. The molecule has 1 saturated heterocycles. The van der Waals surface area contributed by atoms with Crippen LogP contribution in [0.2, 0.25) is 5.02 Å². The zero-order chi connectivity index (χ0) is 22.8. The summed E-state index contributed by atoms with van der Waals surface area (Å²) in [6, 6.07) is 10.9. The minimum atomic E-state index is -0.225. The Kier molecular flexibility index (Phi) is 6.76. The third-order valence-corrected chi connectivity index (χ3v) is 6.98. The molecule has 6 nitrogen and oxygen atoms in total. The average molecular weight is 472 g/mol. The summed E-state index contributed by atoms with van der Waals surface area (Å²) < 4.78 is 7.08. The fourth-order valence-electron chi connectivity index (χ4n) is 4.10. The van der Waals surface area contributed by atoms with Crippen molar-refractivity contribution in [3.05, 3.63) is 57.3 Å². The molecule has 0 N–H and O–H groups in total. The number of aryl methyl sites for hydroxylation is 1. The molecule has 0 radical (unpaired) electrons. The number of aromatic nitrogens is 2. The largest absolute Gasteiger partial charge is 0.495 e. The minimum Gasteiger partial charge on any atom is -0.495 e. The Hall–Kier alpha value is -2.51. The quantitative estimate of drug-likeness (QED) is 0.393. The monoisotopic (exact) mass is 471 g/mol. The van der Waals surface area contributed by atoms with Crippen LogP contribution >= 0.6 is 23.4 Å². The Morgan fingerprint density at radius 1 is 1.25 bits per heavy atom. The standard InChI is InChI=1S/C24H26ClN3O3S/c1-15-7-10-21(31-3)20(12-15)28-23(30)18-9-8-17(25)13-19(18)26-24(28)32-14-22(29)27-11-5-4-6-16(27)2/h7-10,12-13,16H,4-6,11,14H2,1-3H3. The van der Waals surface area contributed by atoms with Gasteiger partial charge < -0.3 is 9.64 Å². The third kappa shape index (κ3) is 4.50. The number of amides is 1. The van der Waals surface area contributed by atoms with Gasteiger partial charge in [-0.3, -0.25) is 14.2 Å². The van der Waals surface area contributed by atoms with Gasteiger partial charge in [0.2, 0.25) is 5.91 Å². The molecule has 168 valence electrons. The van der Waals surface area contributed by atoms with E-state index in [0.717, 1.165) is 31.4 Å². The van der Waals surface area contributed by atoms with Gasteiger partial charge in [0.15, 0.2) is 5.16 Å². The van der Waals surface area contributed by atoms with E-state index in [4.69, 9.17) is 21.3 Å². The summed E-state index contributed by atoms with van der Waals surface area (Å²) in [5.74, 6) is 0.827. The van der Waals surface area contributed by atoms with Gasteiger partial charge in [-0.25, -0.2) is 4.98 Å². The zero-order valence-corrected chi connectivity index (χ0v) is 20.0. The molecule has 2 heterocycles. The van der Waals surface area contributed by atoms with Crippen LogP contribution < -0.4 is 10.3 Å². The maximum atomic E-state index is 13.6. The Balaban J connectivity index is 1.80. The molecule has 1 aromatic heterocycles. The second-order valence-corrected chi connectivity index (χ2v) is 9.47. The van der Waals surface area contributed by atoms with Crippen LogP contribution in [-0.2, 0) is 4.79 Å². The van der Waals surface area contributed by atoms with E-state index in [1.807, 2.05) is 30.0 Å². The van der Waals surface area contributed by atoms with Crippen molar-refractivity contribution in [1.29, 1.82) is 0 Å². The summed E-state index contributed by atoms with van der Waals surface area (Å²) in [6.45, 7) is 4.82. The number of rotatable bonds is 5. The molecule has 32 heavy (non-hydrogen) atoms. The number of piperidine rings is 1. The van der Waals surface area contributed by atoms with Gasteiger partial charge in [0.05, 0.1) is 29.5 Å². The molecule has 1 aliphatic heterocycles. The number of ether oxygens (including phenoxy) is 1. The first-order valence-electron chi connectivity index (χ1n) is 10.7. The van der Waals surface area contributed by atoms with E-state index in [2.05, 4.69) is 6.92 Å². The lowest BCUT2D eigenvalue weighted by atomic mass is 10.0. The van der Waals surface area contributed by atoms with Gasteiger partial charge in [-0.05, 0) is 69.0 Å². The van der Waals surface area contributed by atoms with E-state index in [-0.39, 0.29) is 23.3 Å². The maximum absolute atomic E-state index is 13.6. The van der Waals surface area contributed by atoms with Crippen molar-refractivity contribution in [3.8, 4) is 11.4 Å². The Labute approximate surface area is 196 Å².